The Morgan fingerprint density at radius 1 is 1.07 bits per heavy atom. The van der Waals surface area contributed by atoms with Crippen LogP contribution in [0.2, 0.25) is 5.02 Å². The van der Waals surface area contributed by atoms with Crippen molar-refractivity contribution in [1.82, 2.24) is 4.98 Å². The third-order valence-corrected chi connectivity index (χ3v) is 6.08. The van der Waals surface area contributed by atoms with Crippen LogP contribution in [-0.2, 0) is 9.73 Å². The zero-order chi connectivity index (χ0) is 20.1. The highest BCUT2D eigenvalue weighted by molar-refractivity contribution is 9.10. The van der Waals surface area contributed by atoms with Crippen LogP contribution in [0.4, 0.5) is 0 Å². The van der Waals surface area contributed by atoms with Crippen LogP contribution >= 0.6 is 27.5 Å². The van der Waals surface area contributed by atoms with E-state index in [0.717, 1.165) is 10.0 Å². The summed E-state index contributed by atoms with van der Waals surface area (Å²) in [7, 11) is -2.93. The van der Waals surface area contributed by atoms with E-state index in [1.165, 1.54) is 12.5 Å². The van der Waals surface area contributed by atoms with E-state index in [2.05, 4.69) is 37.1 Å². The van der Waals surface area contributed by atoms with E-state index in [-0.39, 0.29) is 5.56 Å². The molecule has 0 radical (unpaired) electrons. The van der Waals surface area contributed by atoms with Gasteiger partial charge in [-0.15, -0.1) is 0 Å². The Bertz CT molecular complexity index is 1220. The molecule has 0 fully saturated rings. The van der Waals surface area contributed by atoms with E-state index in [9.17, 15) is 9.00 Å². The van der Waals surface area contributed by atoms with E-state index < -0.39 is 15.6 Å². The number of halogens is 2. The van der Waals surface area contributed by atoms with Crippen molar-refractivity contribution >= 4 is 43.2 Å². The van der Waals surface area contributed by atoms with Crippen molar-refractivity contribution in [2.45, 2.75) is 4.90 Å². The Morgan fingerprint density at radius 3 is 2.50 bits per heavy atom. The lowest BCUT2D eigenvalue weighted by molar-refractivity contribution is 0.100. The molecule has 1 atom stereocenters. The van der Waals surface area contributed by atoms with Crippen molar-refractivity contribution in [2.24, 2.45) is 4.36 Å². The van der Waals surface area contributed by atoms with Crippen molar-refractivity contribution in [3.05, 3.63) is 93.2 Å². The standard InChI is InChI=1S/C21H14BrClN2O2S/c1-28(27,20-4-2-3-19(23)12-20)25-21(26)17-11-16(13-24-14-17)6-5-15-7-9-18(22)10-8-15/h2-4,7-14H,1H3. The van der Waals surface area contributed by atoms with E-state index in [4.69, 9.17) is 11.6 Å². The van der Waals surface area contributed by atoms with Gasteiger partial charge in [0.1, 0.15) is 0 Å². The van der Waals surface area contributed by atoms with Crippen molar-refractivity contribution in [1.29, 1.82) is 0 Å². The molecule has 0 aliphatic carbocycles. The number of pyridine rings is 1. The molecule has 1 heterocycles. The summed E-state index contributed by atoms with van der Waals surface area (Å²) in [4.78, 5) is 17.0. The molecule has 0 N–H and O–H groups in total. The fraction of sp³-hybridized carbons (Fsp3) is 0.0476. The Labute approximate surface area is 177 Å². The van der Waals surface area contributed by atoms with Gasteiger partial charge in [-0.25, -0.2) is 4.21 Å². The van der Waals surface area contributed by atoms with Crippen molar-refractivity contribution in [3.63, 3.8) is 0 Å². The van der Waals surface area contributed by atoms with Gasteiger partial charge in [0.25, 0.3) is 5.91 Å². The molecule has 28 heavy (non-hydrogen) atoms. The Kier molecular flexibility index (Phi) is 6.30. The number of aromatic nitrogens is 1. The first kappa shape index (κ1) is 20.3. The second kappa shape index (κ2) is 8.70. The molecule has 0 aliphatic rings. The molecule has 0 saturated carbocycles. The number of hydrogen-bond acceptors (Lipinski definition) is 3. The molecule has 3 aromatic rings. The zero-order valence-electron chi connectivity index (χ0n) is 14.7. The van der Waals surface area contributed by atoms with Crippen LogP contribution in [0.3, 0.4) is 0 Å². The third-order valence-electron chi connectivity index (χ3n) is 3.67. The largest absolute Gasteiger partial charge is 0.286 e. The van der Waals surface area contributed by atoms with Gasteiger partial charge in [-0.3, -0.25) is 9.78 Å². The summed E-state index contributed by atoms with van der Waals surface area (Å²) < 4.78 is 17.7. The molecular weight excluding hydrogens is 460 g/mol. The smallest absolute Gasteiger partial charge is 0.266 e. The zero-order valence-corrected chi connectivity index (χ0v) is 17.9. The first-order valence-electron chi connectivity index (χ1n) is 8.08. The highest BCUT2D eigenvalue weighted by atomic mass is 79.9. The fourth-order valence-corrected chi connectivity index (χ4v) is 3.99. The molecule has 140 valence electrons. The van der Waals surface area contributed by atoms with Gasteiger partial charge in [-0.1, -0.05) is 45.4 Å². The van der Waals surface area contributed by atoms with Crippen LogP contribution in [-0.4, -0.2) is 21.4 Å². The van der Waals surface area contributed by atoms with E-state index in [1.807, 2.05) is 24.3 Å². The van der Waals surface area contributed by atoms with Gasteiger partial charge in [-0.05, 0) is 48.5 Å². The molecule has 1 unspecified atom stereocenters. The SMILES string of the molecule is CS(=O)(=NC(=O)c1cncc(C#Cc2ccc(Br)cc2)c1)c1cccc(Cl)c1. The monoisotopic (exact) mass is 472 g/mol. The summed E-state index contributed by atoms with van der Waals surface area (Å²) in [5, 5.41) is 0.432. The molecular formula is C21H14BrClN2O2S. The summed E-state index contributed by atoms with van der Waals surface area (Å²) in [6, 6.07) is 15.6. The predicted octanol–water partition coefficient (Wildman–Crippen LogP) is 5.19. The molecule has 2 aromatic carbocycles. The number of benzene rings is 2. The maximum absolute atomic E-state index is 12.8. The van der Waals surface area contributed by atoms with Crippen molar-refractivity contribution in [3.8, 4) is 11.8 Å². The minimum absolute atomic E-state index is 0.221. The van der Waals surface area contributed by atoms with Crippen LogP contribution in [0.25, 0.3) is 0 Å². The normalized spacial score (nSPS) is 12.4. The molecule has 1 aromatic heterocycles. The number of rotatable bonds is 2. The molecule has 0 aliphatic heterocycles. The minimum atomic E-state index is -2.93. The minimum Gasteiger partial charge on any atom is -0.266 e. The van der Waals surface area contributed by atoms with Crippen molar-refractivity contribution in [2.75, 3.05) is 6.26 Å². The first-order valence-corrected chi connectivity index (χ1v) is 11.2. The quantitative estimate of drug-likeness (QED) is 0.481. The number of amides is 1. The number of carbonyl (C=O) groups excluding carboxylic acids is 1. The van der Waals surface area contributed by atoms with Gasteiger partial charge in [0.15, 0.2) is 0 Å². The van der Waals surface area contributed by atoms with Crippen LogP contribution in [0, 0.1) is 11.8 Å². The first-order chi connectivity index (χ1) is 13.3. The maximum atomic E-state index is 12.8. The number of hydrogen-bond donors (Lipinski definition) is 0. The molecule has 3 rings (SSSR count). The summed E-state index contributed by atoms with van der Waals surface area (Å²) in [5.41, 5.74) is 1.62. The Hall–Kier alpha value is -2.46. The number of carbonyl (C=O) groups is 1. The van der Waals surface area contributed by atoms with Gasteiger partial charge in [-0.2, -0.15) is 4.36 Å². The molecule has 0 saturated heterocycles. The lowest BCUT2D eigenvalue weighted by atomic mass is 10.2. The molecule has 7 heteroatoms. The average molecular weight is 474 g/mol. The number of nitrogens with zero attached hydrogens (tertiary/aromatic N) is 2. The molecule has 4 nitrogen and oxygen atoms in total. The highest BCUT2D eigenvalue weighted by Crippen LogP contribution is 2.18. The van der Waals surface area contributed by atoms with Gasteiger partial charge in [0.2, 0.25) is 0 Å². The van der Waals surface area contributed by atoms with Gasteiger partial charge >= 0.3 is 0 Å². The Morgan fingerprint density at radius 2 is 1.79 bits per heavy atom. The van der Waals surface area contributed by atoms with Crippen LogP contribution < -0.4 is 0 Å². The van der Waals surface area contributed by atoms with E-state index >= 15 is 0 Å². The highest BCUT2D eigenvalue weighted by Gasteiger charge is 2.12. The average Bonchev–Trinajstić information content (AvgIpc) is 2.67. The van der Waals surface area contributed by atoms with E-state index in [1.54, 1.807) is 36.5 Å². The van der Waals surface area contributed by atoms with Crippen LogP contribution in [0.15, 0.2) is 80.7 Å². The van der Waals surface area contributed by atoms with Crippen molar-refractivity contribution < 1.29 is 9.00 Å². The molecule has 0 spiro atoms. The lowest BCUT2D eigenvalue weighted by Crippen LogP contribution is -2.04. The molecule has 0 bridgehead atoms. The maximum Gasteiger partial charge on any atom is 0.286 e. The topological polar surface area (TPSA) is 59.4 Å². The van der Waals surface area contributed by atoms with Gasteiger partial charge in [0, 0.05) is 44.2 Å². The summed E-state index contributed by atoms with van der Waals surface area (Å²) in [6.45, 7) is 0. The van der Waals surface area contributed by atoms with E-state index in [0.29, 0.717) is 15.5 Å². The van der Waals surface area contributed by atoms with Gasteiger partial charge < -0.3 is 0 Å². The Balaban J connectivity index is 1.88. The fourth-order valence-electron chi connectivity index (χ4n) is 2.27. The third kappa shape index (κ3) is 5.29. The second-order valence-corrected chi connectivity index (χ2v) is 9.49. The second-order valence-electron chi connectivity index (χ2n) is 5.88. The predicted molar refractivity (Wildman–Crippen MR) is 115 cm³/mol. The van der Waals surface area contributed by atoms with Crippen LogP contribution in [0.1, 0.15) is 21.5 Å². The molecule has 1 amide bonds. The summed E-state index contributed by atoms with van der Waals surface area (Å²) in [6.07, 6.45) is 4.34. The summed E-state index contributed by atoms with van der Waals surface area (Å²) in [5.74, 6) is 5.36. The van der Waals surface area contributed by atoms with Gasteiger partial charge in [0.05, 0.1) is 15.3 Å². The lowest BCUT2D eigenvalue weighted by Gasteiger charge is -2.04. The van der Waals surface area contributed by atoms with Crippen LogP contribution in [0.5, 0.6) is 0 Å². The summed E-state index contributed by atoms with van der Waals surface area (Å²) >= 11 is 9.31.